The van der Waals surface area contributed by atoms with Crippen molar-refractivity contribution in [3.8, 4) is 5.75 Å². The van der Waals surface area contributed by atoms with Gasteiger partial charge in [-0.2, -0.15) is 0 Å². The lowest BCUT2D eigenvalue weighted by molar-refractivity contribution is 0.0635. The number of methoxy groups -OCH3 is 2. The number of nitrogens with two attached hydrogens (primary N) is 1. The Morgan fingerprint density at radius 1 is 1.31 bits per heavy atom. The molecule has 1 aromatic rings. The van der Waals surface area contributed by atoms with Gasteiger partial charge in [0.2, 0.25) is 0 Å². The third kappa shape index (κ3) is 4.14. The fourth-order valence-electron chi connectivity index (χ4n) is 1.20. The Labute approximate surface area is 95.5 Å². The normalized spacial score (nSPS) is 12.4. The molecule has 0 aromatic carbocycles. The summed E-state index contributed by atoms with van der Waals surface area (Å²) in [6, 6.07) is 1.66. The van der Waals surface area contributed by atoms with E-state index in [1.54, 1.807) is 26.6 Å². The fourth-order valence-corrected chi connectivity index (χ4v) is 1.20. The van der Waals surface area contributed by atoms with Gasteiger partial charge in [-0.05, 0) is 11.6 Å². The van der Waals surface area contributed by atoms with E-state index in [2.05, 4.69) is 4.98 Å². The van der Waals surface area contributed by atoms with Gasteiger partial charge in [0.1, 0.15) is 5.75 Å². The van der Waals surface area contributed by atoms with Crippen LogP contribution >= 0.6 is 0 Å². The molecular formula is C11H18N2O3. The van der Waals surface area contributed by atoms with Crippen molar-refractivity contribution in [2.45, 2.75) is 6.04 Å². The number of aromatic nitrogens is 1. The molecule has 0 aliphatic heterocycles. The summed E-state index contributed by atoms with van der Waals surface area (Å²) in [6.45, 7) is 1.56. The van der Waals surface area contributed by atoms with Crippen LogP contribution in [0, 0.1) is 0 Å². The van der Waals surface area contributed by atoms with Crippen LogP contribution in [-0.2, 0) is 9.47 Å². The summed E-state index contributed by atoms with van der Waals surface area (Å²) in [5.41, 5.74) is 6.84. The summed E-state index contributed by atoms with van der Waals surface area (Å²) in [6.07, 6.45) is 3.36. The van der Waals surface area contributed by atoms with Gasteiger partial charge in [-0.1, -0.05) is 0 Å². The molecular weight excluding hydrogens is 208 g/mol. The van der Waals surface area contributed by atoms with Crippen molar-refractivity contribution in [1.82, 2.24) is 4.98 Å². The van der Waals surface area contributed by atoms with Gasteiger partial charge in [0.15, 0.2) is 0 Å². The Morgan fingerprint density at radius 3 is 2.81 bits per heavy atom. The minimum Gasteiger partial charge on any atom is -0.495 e. The van der Waals surface area contributed by atoms with Crippen molar-refractivity contribution in [2.24, 2.45) is 5.73 Å². The molecule has 0 aliphatic rings. The monoisotopic (exact) mass is 226 g/mol. The molecule has 1 rings (SSSR count). The van der Waals surface area contributed by atoms with Crippen LogP contribution in [0.1, 0.15) is 11.6 Å². The molecule has 0 amide bonds. The fraction of sp³-hybridized carbons (Fsp3) is 0.545. The Balaban J connectivity index is 2.42. The summed E-state index contributed by atoms with van der Waals surface area (Å²) in [5.74, 6) is 0.699. The number of hydrogen-bond donors (Lipinski definition) is 1. The van der Waals surface area contributed by atoms with Gasteiger partial charge in [-0.3, -0.25) is 4.98 Å². The second kappa shape index (κ2) is 7.16. The highest BCUT2D eigenvalue weighted by Crippen LogP contribution is 2.15. The number of ether oxygens (including phenoxy) is 3. The van der Waals surface area contributed by atoms with Crippen LogP contribution in [0.25, 0.3) is 0 Å². The Morgan fingerprint density at radius 2 is 2.12 bits per heavy atom. The van der Waals surface area contributed by atoms with E-state index in [0.717, 1.165) is 5.56 Å². The van der Waals surface area contributed by atoms with E-state index in [4.69, 9.17) is 19.9 Å². The van der Waals surface area contributed by atoms with Crippen LogP contribution < -0.4 is 10.5 Å². The average molecular weight is 226 g/mol. The van der Waals surface area contributed by atoms with Gasteiger partial charge >= 0.3 is 0 Å². The molecule has 0 saturated heterocycles. The third-order valence-electron chi connectivity index (χ3n) is 2.13. The molecule has 0 spiro atoms. The van der Waals surface area contributed by atoms with Crippen LogP contribution in [0.15, 0.2) is 18.5 Å². The molecule has 0 radical (unpaired) electrons. The quantitative estimate of drug-likeness (QED) is 0.695. The van der Waals surface area contributed by atoms with Gasteiger partial charge in [0.05, 0.1) is 39.2 Å². The predicted octanol–water partition coefficient (Wildman–Crippen LogP) is 0.753. The summed E-state index contributed by atoms with van der Waals surface area (Å²) >= 11 is 0. The van der Waals surface area contributed by atoms with Crippen molar-refractivity contribution >= 4 is 0 Å². The maximum absolute atomic E-state index is 5.94. The Bertz CT molecular complexity index is 307. The predicted molar refractivity (Wildman–Crippen MR) is 60.4 cm³/mol. The van der Waals surface area contributed by atoms with Crippen molar-refractivity contribution in [2.75, 3.05) is 34.0 Å². The minimum atomic E-state index is -0.195. The lowest BCUT2D eigenvalue weighted by Gasteiger charge is -2.12. The van der Waals surface area contributed by atoms with Gasteiger partial charge in [-0.25, -0.2) is 0 Å². The Hall–Kier alpha value is -1.17. The highest BCUT2D eigenvalue weighted by molar-refractivity contribution is 5.25. The Kier molecular flexibility index (Phi) is 5.77. The van der Waals surface area contributed by atoms with E-state index < -0.39 is 0 Å². The molecule has 16 heavy (non-hydrogen) atoms. The topological polar surface area (TPSA) is 66.6 Å². The number of rotatable bonds is 7. The lowest BCUT2D eigenvalue weighted by Crippen LogP contribution is -2.18. The smallest absolute Gasteiger partial charge is 0.137 e. The SMILES string of the molecule is COCCOCC(N)c1cncc(OC)c1. The summed E-state index contributed by atoms with van der Waals surface area (Å²) in [4.78, 5) is 4.04. The first-order chi connectivity index (χ1) is 7.77. The van der Waals surface area contributed by atoms with Crippen molar-refractivity contribution in [1.29, 1.82) is 0 Å². The summed E-state index contributed by atoms with van der Waals surface area (Å²) < 4.78 is 15.3. The highest BCUT2D eigenvalue weighted by atomic mass is 16.5. The van der Waals surface area contributed by atoms with E-state index in [9.17, 15) is 0 Å². The zero-order chi connectivity index (χ0) is 11.8. The molecule has 0 bridgehead atoms. The van der Waals surface area contributed by atoms with Gasteiger partial charge in [0, 0.05) is 13.3 Å². The van der Waals surface area contributed by atoms with Crippen LogP contribution in [0.5, 0.6) is 5.75 Å². The van der Waals surface area contributed by atoms with Gasteiger partial charge in [0.25, 0.3) is 0 Å². The largest absolute Gasteiger partial charge is 0.495 e. The van der Waals surface area contributed by atoms with E-state index in [1.807, 2.05) is 6.07 Å². The first-order valence-corrected chi connectivity index (χ1v) is 5.09. The highest BCUT2D eigenvalue weighted by Gasteiger charge is 2.07. The lowest BCUT2D eigenvalue weighted by atomic mass is 10.1. The first-order valence-electron chi connectivity index (χ1n) is 5.09. The molecule has 0 aliphatic carbocycles. The van der Waals surface area contributed by atoms with Crippen LogP contribution in [-0.4, -0.2) is 39.0 Å². The molecule has 1 heterocycles. The molecule has 5 heteroatoms. The maximum Gasteiger partial charge on any atom is 0.137 e. The molecule has 1 atom stereocenters. The molecule has 1 aromatic heterocycles. The molecule has 90 valence electrons. The second-order valence-corrected chi connectivity index (χ2v) is 3.33. The van der Waals surface area contributed by atoms with E-state index >= 15 is 0 Å². The second-order valence-electron chi connectivity index (χ2n) is 3.33. The van der Waals surface area contributed by atoms with Crippen LogP contribution in [0.4, 0.5) is 0 Å². The molecule has 0 fully saturated rings. The zero-order valence-electron chi connectivity index (χ0n) is 9.68. The standard InChI is InChI=1S/C11H18N2O3/c1-14-3-4-16-8-11(12)9-5-10(15-2)7-13-6-9/h5-7,11H,3-4,8,12H2,1-2H3. The van der Waals surface area contributed by atoms with E-state index in [0.29, 0.717) is 25.6 Å². The van der Waals surface area contributed by atoms with Crippen molar-refractivity contribution in [3.63, 3.8) is 0 Å². The van der Waals surface area contributed by atoms with Gasteiger partial charge in [-0.15, -0.1) is 0 Å². The van der Waals surface area contributed by atoms with E-state index in [1.165, 1.54) is 0 Å². The zero-order valence-corrected chi connectivity index (χ0v) is 9.68. The van der Waals surface area contributed by atoms with Crippen molar-refractivity contribution < 1.29 is 14.2 Å². The molecule has 2 N–H and O–H groups in total. The summed E-state index contributed by atoms with van der Waals surface area (Å²) in [7, 11) is 3.23. The third-order valence-corrected chi connectivity index (χ3v) is 2.13. The van der Waals surface area contributed by atoms with Gasteiger partial charge < -0.3 is 19.9 Å². The first kappa shape index (κ1) is 12.9. The average Bonchev–Trinajstić information content (AvgIpc) is 2.34. The number of hydrogen-bond acceptors (Lipinski definition) is 5. The van der Waals surface area contributed by atoms with Crippen LogP contribution in [0.3, 0.4) is 0 Å². The molecule has 1 unspecified atom stereocenters. The minimum absolute atomic E-state index is 0.195. The van der Waals surface area contributed by atoms with Crippen LogP contribution in [0.2, 0.25) is 0 Å². The summed E-state index contributed by atoms with van der Waals surface area (Å²) in [5, 5.41) is 0. The number of nitrogens with zero attached hydrogens (tertiary/aromatic N) is 1. The van der Waals surface area contributed by atoms with Crippen molar-refractivity contribution in [3.05, 3.63) is 24.0 Å². The molecule has 5 nitrogen and oxygen atoms in total. The van der Waals surface area contributed by atoms with E-state index in [-0.39, 0.29) is 6.04 Å². The number of pyridine rings is 1. The maximum atomic E-state index is 5.94. The molecule has 0 saturated carbocycles.